The molecule has 164 valence electrons. The standard InChI is InChI=1S/C20H25F3N4O3/c21-20(22,23)14-6-5-7-15(12-14)27(10-11-30-13-16(27)18(24)28)19(29)26-17-8-3-1-2-4-9-25-17/h5-7,12,16H,1-4,8-11,13H2,(H2-,24,25,26,28,29)/p+1. The van der Waals surface area contributed by atoms with Crippen molar-refractivity contribution >= 4 is 23.5 Å². The summed E-state index contributed by atoms with van der Waals surface area (Å²) in [5.41, 5.74) is 4.67. The summed E-state index contributed by atoms with van der Waals surface area (Å²) >= 11 is 0. The van der Waals surface area contributed by atoms with Gasteiger partial charge in [-0.2, -0.15) is 17.7 Å². The molecule has 2 saturated heterocycles. The zero-order valence-corrected chi connectivity index (χ0v) is 16.6. The second-order valence-corrected chi connectivity index (χ2v) is 7.57. The number of hydrogen-bond donors (Lipinski definition) is 2. The van der Waals surface area contributed by atoms with E-state index in [1.807, 2.05) is 0 Å². The first kappa shape index (κ1) is 22.2. The topological polar surface area (TPSA) is 93.8 Å². The van der Waals surface area contributed by atoms with Gasteiger partial charge in [-0.3, -0.25) is 4.79 Å². The first-order valence-corrected chi connectivity index (χ1v) is 10.0. The van der Waals surface area contributed by atoms with Crippen molar-refractivity contribution < 1.29 is 27.5 Å². The number of benzene rings is 1. The maximum atomic E-state index is 13.5. The molecular formula is C20H26F3N4O3+. The van der Waals surface area contributed by atoms with Gasteiger partial charge in [-0.25, -0.2) is 4.79 Å². The molecule has 2 unspecified atom stereocenters. The summed E-state index contributed by atoms with van der Waals surface area (Å²) in [5, 5.41) is 3.13. The number of ether oxygens (including phenoxy) is 1. The molecule has 3 amide bonds. The number of urea groups is 1. The number of nitrogens with one attached hydrogen (secondary N) is 1. The van der Waals surface area contributed by atoms with Crippen LogP contribution in [0.25, 0.3) is 0 Å². The molecule has 2 atom stereocenters. The van der Waals surface area contributed by atoms with E-state index in [2.05, 4.69) is 10.3 Å². The van der Waals surface area contributed by atoms with Crippen molar-refractivity contribution in [1.29, 1.82) is 0 Å². The maximum absolute atomic E-state index is 13.5. The second kappa shape index (κ2) is 9.13. The molecule has 2 aliphatic rings. The van der Waals surface area contributed by atoms with Crippen LogP contribution in [0.1, 0.15) is 37.7 Å². The molecule has 3 rings (SSSR count). The van der Waals surface area contributed by atoms with Gasteiger partial charge in [0.2, 0.25) is 6.04 Å². The number of hydrogen-bond acceptors (Lipinski definition) is 3. The number of aliphatic imine (C=N–C) groups is 1. The molecule has 0 saturated carbocycles. The van der Waals surface area contributed by atoms with Gasteiger partial charge >= 0.3 is 12.2 Å². The first-order chi connectivity index (χ1) is 14.2. The highest BCUT2D eigenvalue weighted by Gasteiger charge is 2.52. The second-order valence-electron chi connectivity index (χ2n) is 7.57. The van der Waals surface area contributed by atoms with Crippen LogP contribution >= 0.6 is 0 Å². The van der Waals surface area contributed by atoms with E-state index in [0.29, 0.717) is 18.8 Å². The molecule has 30 heavy (non-hydrogen) atoms. The van der Waals surface area contributed by atoms with Crippen LogP contribution in [0, 0.1) is 0 Å². The average molecular weight is 427 g/mol. The molecule has 0 bridgehead atoms. The molecule has 2 aliphatic heterocycles. The number of nitrogens with zero attached hydrogens (tertiary/aromatic N) is 2. The van der Waals surface area contributed by atoms with Crippen molar-refractivity contribution in [2.75, 3.05) is 26.3 Å². The molecule has 0 aromatic heterocycles. The highest BCUT2D eigenvalue weighted by Crippen LogP contribution is 2.36. The van der Waals surface area contributed by atoms with Crippen LogP contribution < -0.4 is 15.5 Å². The lowest BCUT2D eigenvalue weighted by atomic mass is 10.1. The summed E-state index contributed by atoms with van der Waals surface area (Å²) < 4.78 is 44.6. The van der Waals surface area contributed by atoms with E-state index in [9.17, 15) is 22.8 Å². The van der Waals surface area contributed by atoms with Gasteiger partial charge in [0.25, 0.3) is 5.91 Å². The summed E-state index contributed by atoms with van der Waals surface area (Å²) in [6.45, 7) is 0.544. The monoisotopic (exact) mass is 427 g/mol. The van der Waals surface area contributed by atoms with Crippen LogP contribution in [0.5, 0.6) is 0 Å². The van der Waals surface area contributed by atoms with Crippen LogP contribution in [0.15, 0.2) is 29.3 Å². The Balaban J connectivity index is 2.08. The normalized spacial score (nSPS) is 27.0. The molecule has 3 N–H and O–H groups in total. The Morgan fingerprint density at radius 3 is 2.70 bits per heavy atom. The molecule has 1 aromatic carbocycles. The molecule has 0 aliphatic carbocycles. The molecule has 10 heteroatoms. The highest BCUT2D eigenvalue weighted by molar-refractivity contribution is 6.02. The third kappa shape index (κ3) is 4.65. The van der Waals surface area contributed by atoms with Gasteiger partial charge in [0.15, 0.2) is 0 Å². The average Bonchev–Trinajstić information content (AvgIpc) is 2.69. The molecule has 2 fully saturated rings. The van der Waals surface area contributed by atoms with Gasteiger partial charge in [-0.05, 0) is 25.0 Å². The van der Waals surface area contributed by atoms with E-state index in [1.54, 1.807) is 0 Å². The Morgan fingerprint density at radius 2 is 1.97 bits per heavy atom. The predicted molar refractivity (Wildman–Crippen MR) is 106 cm³/mol. The Kier molecular flexibility index (Phi) is 6.77. The van der Waals surface area contributed by atoms with Gasteiger partial charge in [0, 0.05) is 19.0 Å². The maximum Gasteiger partial charge on any atom is 0.450 e. The number of amides is 3. The number of primary amides is 1. The largest absolute Gasteiger partial charge is 0.450 e. The minimum absolute atomic E-state index is 0.0251. The van der Waals surface area contributed by atoms with Crippen molar-refractivity contribution in [1.82, 2.24) is 9.80 Å². The van der Waals surface area contributed by atoms with Crippen molar-refractivity contribution in [3.8, 4) is 0 Å². The van der Waals surface area contributed by atoms with E-state index >= 15 is 0 Å². The lowest BCUT2D eigenvalue weighted by molar-refractivity contribution is -0.137. The zero-order chi connectivity index (χ0) is 21.8. The van der Waals surface area contributed by atoms with Gasteiger partial charge < -0.3 is 15.8 Å². The number of quaternary nitrogens is 1. The molecule has 0 spiro atoms. The SMILES string of the molecule is NC(=O)C1COCC[N+]1(C(=O)N=C1CCCCCCN1)c1cccc(C(F)(F)F)c1. The summed E-state index contributed by atoms with van der Waals surface area (Å²) in [7, 11) is 0. The third-order valence-corrected chi connectivity index (χ3v) is 5.60. The zero-order valence-electron chi connectivity index (χ0n) is 16.6. The van der Waals surface area contributed by atoms with Gasteiger partial charge in [-0.1, -0.05) is 18.9 Å². The molecular weight excluding hydrogens is 401 g/mol. The number of rotatable bonds is 2. The van der Waals surface area contributed by atoms with Crippen molar-refractivity contribution in [2.24, 2.45) is 10.7 Å². The summed E-state index contributed by atoms with van der Waals surface area (Å²) in [6, 6.07) is 2.55. The van der Waals surface area contributed by atoms with E-state index in [1.165, 1.54) is 12.1 Å². The third-order valence-electron chi connectivity index (χ3n) is 5.60. The number of carbonyl (C=O) groups is 2. The van der Waals surface area contributed by atoms with Crippen LogP contribution in [0.4, 0.5) is 23.7 Å². The minimum atomic E-state index is -4.59. The van der Waals surface area contributed by atoms with E-state index < -0.39 is 34.2 Å². The van der Waals surface area contributed by atoms with E-state index in [4.69, 9.17) is 10.5 Å². The fourth-order valence-corrected chi connectivity index (χ4v) is 3.96. The Morgan fingerprint density at radius 1 is 1.20 bits per heavy atom. The van der Waals surface area contributed by atoms with Gasteiger partial charge in [0.05, 0.1) is 12.2 Å². The summed E-state index contributed by atoms with van der Waals surface area (Å²) in [4.78, 5) is 29.9. The number of amidine groups is 1. The summed E-state index contributed by atoms with van der Waals surface area (Å²) in [6.07, 6.45) is -0.139. The first-order valence-electron chi connectivity index (χ1n) is 10.0. The van der Waals surface area contributed by atoms with E-state index in [-0.39, 0.29) is 25.4 Å². The van der Waals surface area contributed by atoms with Crippen LogP contribution in [0.3, 0.4) is 0 Å². The van der Waals surface area contributed by atoms with Gasteiger partial charge in [0.1, 0.15) is 24.7 Å². The fourth-order valence-electron chi connectivity index (χ4n) is 3.96. The summed E-state index contributed by atoms with van der Waals surface area (Å²) in [5.74, 6) is -0.342. The lowest BCUT2D eigenvalue weighted by Gasteiger charge is -2.41. The number of morpholine rings is 1. The van der Waals surface area contributed by atoms with Crippen molar-refractivity contribution in [3.63, 3.8) is 0 Å². The van der Waals surface area contributed by atoms with Crippen LogP contribution in [-0.4, -0.2) is 50.1 Å². The highest BCUT2D eigenvalue weighted by atomic mass is 19.4. The number of carbonyl (C=O) groups excluding carboxylic acids is 2. The quantitative estimate of drug-likeness (QED) is 0.710. The fraction of sp³-hybridized carbons (Fsp3) is 0.550. The Labute approximate surface area is 172 Å². The van der Waals surface area contributed by atoms with Crippen LogP contribution in [0.2, 0.25) is 0 Å². The molecule has 1 aromatic rings. The van der Waals surface area contributed by atoms with Gasteiger partial charge in [-0.15, -0.1) is 4.99 Å². The Hall–Kier alpha value is -2.46. The predicted octanol–water partition coefficient (Wildman–Crippen LogP) is 2.97. The van der Waals surface area contributed by atoms with Crippen molar-refractivity contribution in [2.45, 2.75) is 44.3 Å². The smallest absolute Gasteiger partial charge is 0.373 e. The molecule has 7 nitrogen and oxygen atoms in total. The number of nitrogens with two attached hydrogens (primary N) is 1. The molecule has 0 radical (unpaired) electrons. The molecule has 2 heterocycles. The van der Waals surface area contributed by atoms with Crippen LogP contribution in [-0.2, 0) is 15.7 Å². The lowest BCUT2D eigenvalue weighted by Crippen LogP contribution is -2.69. The number of halogens is 3. The Bertz CT molecular complexity index is 818. The van der Waals surface area contributed by atoms with Crippen molar-refractivity contribution in [3.05, 3.63) is 29.8 Å². The minimum Gasteiger partial charge on any atom is -0.373 e. The number of alkyl halides is 3. The van der Waals surface area contributed by atoms with E-state index in [0.717, 1.165) is 37.8 Å².